The molecule has 5 heteroatoms. The molecule has 1 aliphatic rings. The van der Waals surface area contributed by atoms with Crippen LogP contribution in [0.4, 0.5) is 11.4 Å². The minimum atomic E-state index is -0.229. The zero-order valence-corrected chi connectivity index (χ0v) is 13.6. The van der Waals surface area contributed by atoms with Crippen LogP contribution in [0.3, 0.4) is 0 Å². The molecule has 2 amide bonds. The number of amides is 2. The lowest BCUT2D eigenvalue weighted by molar-refractivity contribution is -0.119. The Balaban J connectivity index is 1.68. The van der Waals surface area contributed by atoms with Gasteiger partial charge < -0.3 is 14.6 Å². The molecule has 0 bridgehead atoms. The smallest absolute Gasteiger partial charge is 0.248 e. The van der Waals surface area contributed by atoms with Gasteiger partial charge in [0.2, 0.25) is 11.8 Å². The number of anilines is 2. The van der Waals surface area contributed by atoms with Crippen molar-refractivity contribution in [3.63, 3.8) is 0 Å². The number of carbonyl (C=O) groups is 2. The predicted octanol–water partition coefficient (Wildman–Crippen LogP) is 3.76. The summed E-state index contributed by atoms with van der Waals surface area (Å²) < 4.78 is 5.14. The molecule has 1 fully saturated rings. The molecule has 24 heavy (non-hydrogen) atoms. The summed E-state index contributed by atoms with van der Waals surface area (Å²) in [5, 5.41) is 2.82. The molecule has 2 aromatic rings. The number of aryl methyl sites for hydroxylation is 1. The quantitative estimate of drug-likeness (QED) is 0.871. The van der Waals surface area contributed by atoms with Crippen molar-refractivity contribution in [3.8, 4) is 0 Å². The number of hydrogen-bond donors (Lipinski definition) is 1. The van der Waals surface area contributed by atoms with E-state index in [0.29, 0.717) is 17.9 Å². The van der Waals surface area contributed by atoms with Crippen molar-refractivity contribution in [2.45, 2.75) is 26.2 Å². The van der Waals surface area contributed by atoms with Crippen LogP contribution in [-0.4, -0.2) is 18.4 Å². The highest BCUT2D eigenvalue weighted by molar-refractivity contribution is 6.02. The molecule has 1 N–H and O–H groups in total. The second kappa shape index (κ2) is 7.17. The van der Waals surface area contributed by atoms with Crippen molar-refractivity contribution in [1.82, 2.24) is 0 Å². The minimum Gasteiger partial charge on any atom is -0.465 e. The fourth-order valence-electron chi connectivity index (χ4n) is 2.82. The van der Waals surface area contributed by atoms with Gasteiger partial charge in [0.05, 0.1) is 6.26 Å². The minimum absolute atomic E-state index is 0.169. The Bertz CT molecular complexity index is 763. The first-order valence-electron chi connectivity index (χ1n) is 8.07. The largest absolute Gasteiger partial charge is 0.465 e. The van der Waals surface area contributed by atoms with Crippen LogP contribution < -0.4 is 10.2 Å². The predicted molar refractivity (Wildman–Crippen MR) is 93.8 cm³/mol. The van der Waals surface area contributed by atoms with Gasteiger partial charge in [0, 0.05) is 30.4 Å². The van der Waals surface area contributed by atoms with Gasteiger partial charge in [-0.2, -0.15) is 0 Å². The normalized spacial score (nSPS) is 15.0. The van der Waals surface area contributed by atoms with Gasteiger partial charge in [-0.05, 0) is 61.7 Å². The van der Waals surface area contributed by atoms with E-state index in [4.69, 9.17) is 4.42 Å². The number of hydrogen-bond acceptors (Lipinski definition) is 3. The van der Waals surface area contributed by atoms with Crippen LogP contribution in [0, 0.1) is 6.92 Å². The SMILES string of the molecule is Cc1cc(NC(=O)/C=C/c2ccco2)ccc1N1CCCCC1=O. The van der Waals surface area contributed by atoms with E-state index < -0.39 is 0 Å². The Morgan fingerprint density at radius 1 is 1.29 bits per heavy atom. The van der Waals surface area contributed by atoms with E-state index in [2.05, 4.69) is 5.32 Å². The van der Waals surface area contributed by atoms with Crippen molar-refractivity contribution in [2.24, 2.45) is 0 Å². The van der Waals surface area contributed by atoms with Gasteiger partial charge >= 0.3 is 0 Å². The molecule has 0 spiro atoms. The second-order valence-corrected chi connectivity index (χ2v) is 5.84. The van der Waals surface area contributed by atoms with Crippen LogP contribution in [0.5, 0.6) is 0 Å². The fraction of sp³-hybridized carbons (Fsp3) is 0.263. The summed E-state index contributed by atoms with van der Waals surface area (Å²) in [4.78, 5) is 25.8. The Hall–Kier alpha value is -2.82. The van der Waals surface area contributed by atoms with Gasteiger partial charge in [0.25, 0.3) is 0 Å². The topological polar surface area (TPSA) is 62.6 Å². The first-order valence-corrected chi connectivity index (χ1v) is 8.07. The van der Waals surface area contributed by atoms with Crippen molar-refractivity contribution in [1.29, 1.82) is 0 Å². The third-order valence-electron chi connectivity index (χ3n) is 4.02. The lowest BCUT2D eigenvalue weighted by atomic mass is 10.1. The van der Waals surface area contributed by atoms with Crippen molar-refractivity contribution < 1.29 is 14.0 Å². The molecule has 1 saturated heterocycles. The summed E-state index contributed by atoms with van der Waals surface area (Å²) in [5.41, 5.74) is 2.59. The zero-order valence-electron chi connectivity index (χ0n) is 13.6. The lowest BCUT2D eigenvalue weighted by Crippen LogP contribution is -2.35. The van der Waals surface area contributed by atoms with Crippen LogP contribution in [-0.2, 0) is 9.59 Å². The lowest BCUT2D eigenvalue weighted by Gasteiger charge is -2.28. The standard InChI is InChI=1S/C19H20N2O3/c1-14-13-15(20-18(22)10-8-16-5-4-12-24-16)7-9-17(14)21-11-3-2-6-19(21)23/h4-5,7-10,12-13H,2-3,6,11H2,1H3,(H,20,22)/b10-8+. The van der Waals surface area contributed by atoms with E-state index in [-0.39, 0.29) is 11.8 Å². The number of piperidine rings is 1. The second-order valence-electron chi connectivity index (χ2n) is 5.84. The van der Waals surface area contributed by atoms with E-state index in [1.165, 1.54) is 6.08 Å². The first kappa shape index (κ1) is 16.1. The van der Waals surface area contributed by atoms with Gasteiger partial charge in [0.15, 0.2) is 0 Å². The summed E-state index contributed by atoms with van der Waals surface area (Å²) in [7, 11) is 0. The summed E-state index contributed by atoms with van der Waals surface area (Å²) in [6.07, 6.45) is 7.20. The Morgan fingerprint density at radius 2 is 2.17 bits per heavy atom. The molecule has 1 aromatic heterocycles. The molecule has 0 aliphatic carbocycles. The van der Waals surface area contributed by atoms with Crippen molar-refractivity contribution in [3.05, 3.63) is 54.0 Å². The maximum atomic E-state index is 12.0. The van der Waals surface area contributed by atoms with Crippen molar-refractivity contribution in [2.75, 3.05) is 16.8 Å². The van der Waals surface area contributed by atoms with E-state index in [1.54, 1.807) is 24.5 Å². The van der Waals surface area contributed by atoms with Crippen LogP contribution in [0.2, 0.25) is 0 Å². The molecule has 1 aromatic carbocycles. The third kappa shape index (κ3) is 3.74. The van der Waals surface area contributed by atoms with E-state index in [0.717, 1.165) is 30.6 Å². The maximum absolute atomic E-state index is 12.0. The average molecular weight is 324 g/mol. The van der Waals surface area contributed by atoms with Gasteiger partial charge in [-0.25, -0.2) is 0 Å². The first-order chi connectivity index (χ1) is 11.6. The number of nitrogens with zero attached hydrogens (tertiary/aromatic N) is 1. The Morgan fingerprint density at radius 3 is 2.88 bits per heavy atom. The molecular weight excluding hydrogens is 304 g/mol. The summed E-state index contributed by atoms with van der Waals surface area (Å²) in [5.74, 6) is 0.565. The van der Waals surface area contributed by atoms with Gasteiger partial charge in [0.1, 0.15) is 5.76 Å². The molecule has 5 nitrogen and oxygen atoms in total. The molecule has 0 saturated carbocycles. The van der Waals surface area contributed by atoms with E-state index in [9.17, 15) is 9.59 Å². The van der Waals surface area contributed by atoms with Crippen LogP contribution in [0.15, 0.2) is 47.1 Å². The molecule has 2 heterocycles. The van der Waals surface area contributed by atoms with E-state index >= 15 is 0 Å². The van der Waals surface area contributed by atoms with Gasteiger partial charge in [-0.3, -0.25) is 9.59 Å². The monoisotopic (exact) mass is 324 g/mol. The van der Waals surface area contributed by atoms with Crippen LogP contribution >= 0.6 is 0 Å². The highest BCUT2D eigenvalue weighted by atomic mass is 16.3. The fourth-order valence-corrected chi connectivity index (χ4v) is 2.82. The Kier molecular flexibility index (Phi) is 4.79. The molecule has 0 atom stereocenters. The maximum Gasteiger partial charge on any atom is 0.248 e. The molecule has 3 rings (SSSR count). The Labute approximate surface area is 141 Å². The summed E-state index contributed by atoms with van der Waals surface area (Å²) in [6, 6.07) is 9.14. The summed E-state index contributed by atoms with van der Waals surface area (Å²) >= 11 is 0. The number of benzene rings is 1. The highest BCUT2D eigenvalue weighted by Gasteiger charge is 2.20. The number of furan rings is 1. The molecule has 0 radical (unpaired) electrons. The van der Waals surface area contributed by atoms with Crippen LogP contribution in [0.25, 0.3) is 6.08 Å². The number of nitrogens with one attached hydrogen (secondary N) is 1. The van der Waals surface area contributed by atoms with Gasteiger partial charge in [-0.15, -0.1) is 0 Å². The number of carbonyl (C=O) groups excluding carboxylic acids is 2. The molecular formula is C19H20N2O3. The molecule has 1 aliphatic heterocycles. The third-order valence-corrected chi connectivity index (χ3v) is 4.02. The average Bonchev–Trinajstić information content (AvgIpc) is 3.08. The molecule has 124 valence electrons. The zero-order chi connectivity index (χ0) is 16.9. The molecule has 0 unspecified atom stereocenters. The number of rotatable bonds is 4. The highest BCUT2D eigenvalue weighted by Crippen LogP contribution is 2.27. The van der Waals surface area contributed by atoms with Crippen LogP contribution in [0.1, 0.15) is 30.6 Å². The summed E-state index contributed by atoms with van der Waals surface area (Å²) in [6.45, 7) is 2.71. The van der Waals surface area contributed by atoms with Gasteiger partial charge in [-0.1, -0.05) is 0 Å². The van der Waals surface area contributed by atoms with Crippen molar-refractivity contribution >= 4 is 29.3 Å². The van der Waals surface area contributed by atoms with E-state index in [1.807, 2.05) is 30.0 Å².